The number of hydrogen-bond acceptors (Lipinski definition) is 3. The molecule has 166 valence electrons. The zero-order valence-corrected chi connectivity index (χ0v) is 18.5. The summed E-state index contributed by atoms with van der Waals surface area (Å²) in [6, 6.07) is 8.97. The molecule has 1 aromatic rings. The molecule has 30 heavy (non-hydrogen) atoms. The topological polar surface area (TPSA) is 38.3 Å². The molecular weight excluding hydrogens is 410 g/mol. The van der Waals surface area contributed by atoms with E-state index in [1.165, 1.54) is 6.42 Å². The average molecular weight is 441 g/mol. The van der Waals surface area contributed by atoms with Crippen LogP contribution in [0.25, 0.3) is 0 Å². The molecule has 0 radical (unpaired) electrons. The molecule has 1 aliphatic heterocycles. The lowest BCUT2D eigenvalue weighted by Gasteiger charge is -2.30. The summed E-state index contributed by atoms with van der Waals surface area (Å²) in [6.07, 6.45) is -0.527. The first kappa shape index (κ1) is 22.2. The second-order valence-electron chi connectivity index (χ2n) is 9.35. The van der Waals surface area contributed by atoms with Crippen molar-refractivity contribution < 1.29 is 22.7 Å². The minimum Gasteiger partial charge on any atom is -0.377 e. The molecule has 2 saturated carbocycles. The number of carbonyl (C=O) groups is 1. The highest BCUT2D eigenvalue weighted by molar-refractivity contribution is 7.75. The van der Waals surface area contributed by atoms with Crippen LogP contribution >= 0.6 is 7.92 Å². The van der Waals surface area contributed by atoms with Gasteiger partial charge in [0.15, 0.2) is 0 Å². The largest absolute Gasteiger partial charge is 0.454 e. The molecule has 3 fully saturated rings. The monoisotopic (exact) mass is 441 g/mol. The number of hydrogen-bond donors (Lipinski definition) is 1. The predicted octanol–water partition coefficient (Wildman–Crippen LogP) is 5.33. The van der Waals surface area contributed by atoms with E-state index in [9.17, 15) is 18.0 Å². The highest BCUT2D eigenvalue weighted by Gasteiger charge is 2.51. The average Bonchev–Trinajstić information content (AvgIpc) is 3.19. The number of halogens is 3. The van der Waals surface area contributed by atoms with Crippen LogP contribution in [0.4, 0.5) is 13.2 Å². The van der Waals surface area contributed by atoms with Crippen molar-refractivity contribution in [1.29, 1.82) is 0 Å². The summed E-state index contributed by atoms with van der Waals surface area (Å²) in [5.41, 5.74) is -1.07. The summed E-state index contributed by atoms with van der Waals surface area (Å²) in [5, 5.41) is 3.42. The normalized spacial score (nSPS) is 36.9. The summed E-state index contributed by atoms with van der Waals surface area (Å²) < 4.78 is 46.6. The number of nitrogens with one attached hydrogen (secondary N) is 1. The van der Waals surface area contributed by atoms with Gasteiger partial charge in [-0.1, -0.05) is 37.3 Å². The van der Waals surface area contributed by atoms with Crippen molar-refractivity contribution in [3.05, 3.63) is 35.9 Å². The summed E-state index contributed by atoms with van der Waals surface area (Å²) in [4.78, 5) is 12.4. The van der Waals surface area contributed by atoms with Gasteiger partial charge in [-0.3, -0.25) is 4.79 Å². The molecule has 0 spiro atoms. The van der Waals surface area contributed by atoms with Gasteiger partial charge in [0.05, 0.1) is 12.7 Å². The Morgan fingerprint density at radius 1 is 1.13 bits per heavy atom. The van der Waals surface area contributed by atoms with Gasteiger partial charge >= 0.3 is 6.18 Å². The van der Waals surface area contributed by atoms with Crippen molar-refractivity contribution in [2.75, 3.05) is 6.61 Å². The van der Waals surface area contributed by atoms with E-state index in [4.69, 9.17) is 4.74 Å². The van der Waals surface area contributed by atoms with Crippen molar-refractivity contribution in [3.63, 3.8) is 0 Å². The van der Waals surface area contributed by atoms with Crippen LogP contribution < -0.4 is 5.32 Å². The SMILES string of the molecule is CC1CC(P(Cc2ccccc2)C(=O)C(F)(F)F)C(COC2CCC3C(C2)[C@@H]3C)N1. The lowest BCUT2D eigenvalue weighted by atomic mass is 9.98. The fourth-order valence-corrected chi connectivity index (χ4v) is 8.34. The first-order chi connectivity index (χ1) is 14.2. The third-order valence-electron chi connectivity index (χ3n) is 7.29. The van der Waals surface area contributed by atoms with Crippen LogP contribution in [-0.2, 0) is 15.7 Å². The zero-order valence-electron chi connectivity index (χ0n) is 17.6. The standard InChI is InChI=1S/C23H31F3NO2P/c1-14-10-21(20(27-14)12-29-17-8-9-18-15(2)19(18)11-17)30(22(28)23(24,25)26)13-16-6-4-3-5-7-16/h3-7,14-15,17-21,27H,8-13H2,1-2H3/t14?,15-,17?,18?,19?,20?,21?,30?/m1/s1. The maximum absolute atomic E-state index is 13.5. The summed E-state index contributed by atoms with van der Waals surface area (Å²) in [7, 11) is -1.90. The molecule has 4 rings (SSSR count). The van der Waals surface area contributed by atoms with E-state index in [1.54, 1.807) is 0 Å². The minimum atomic E-state index is -4.79. The van der Waals surface area contributed by atoms with Crippen LogP contribution in [-0.4, -0.2) is 42.2 Å². The van der Waals surface area contributed by atoms with E-state index in [2.05, 4.69) is 12.2 Å². The highest BCUT2D eigenvalue weighted by atomic mass is 31.1. The van der Waals surface area contributed by atoms with Crippen LogP contribution in [0.15, 0.2) is 30.3 Å². The molecule has 0 amide bonds. The second-order valence-corrected chi connectivity index (χ2v) is 11.7. The molecule has 1 heterocycles. The lowest BCUT2D eigenvalue weighted by molar-refractivity contribution is -0.161. The van der Waals surface area contributed by atoms with Gasteiger partial charge in [0, 0.05) is 23.9 Å². The van der Waals surface area contributed by atoms with Gasteiger partial charge in [-0.15, -0.1) is 0 Å². The van der Waals surface area contributed by atoms with Gasteiger partial charge < -0.3 is 10.1 Å². The van der Waals surface area contributed by atoms with Crippen LogP contribution in [0.5, 0.6) is 0 Å². The summed E-state index contributed by atoms with van der Waals surface area (Å²) in [5.74, 6) is 2.40. The van der Waals surface area contributed by atoms with E-state index >= 15 is 0 Å². The summed E-state index contributed by atoms with van der Waals surface area (Å²) in [6.45, 7) is 4.68. The van der Waals surface area contributed by atoms with E-state index < -0.39 is 19.6 Å². The van der Waals surface area contributed by atoms with Crippen molar-refractivity contribution in [2.24, 2.45) is 17.8 Å². The molecule has 3 aliphatic rings. The molecule has 7 heteroatoms. The fraction of sp³-hybridized carbons (Fsp3) is 0.696. The molecule has 8 atom stereocenters. The van der Waals surface area contributed by atoms with Crippen molar-refractivity contribution in [2.45, 2.75) is 75.7 Å². The van der Waals surface area contributed by atoms with Crippen LogP contribution in [0, 0.1) is 17.8 Å². The lowest BCUT2D eigenvalue weighted by Crippen LogP contribution is -2.39. The number of fused-ring (bicyclic) bond motifs is 1. The Bertz CT molecular complexity index is 744. The van der Waals surface area contributed by atoms with Crippen molar-refractivity contribution in [3.8, 4) is 0 Å². The summed E-state index contributed by atoms with van der Waals surface area (Å²) >= 11 is 0. The Kier molecular flexibility index (Phi) is 6.58. The molecule has 1 saturated heterocycles. The Morgan fingerprint density at radius 3 is 2.53 bits per heavy atom. The molecule has 7 unspecified atom stereocenters. The van der Waals surface area contributed by atoms with E-state index in [-0.39, 0.29) is 30.0 Å². The van der Waals surface area contributed by atoms with Gasteiger partial charge in [0.1, 0.15) is 0 Å². The number of benzene rings is 1. The minimum absolute atomic E-state index is 0.0876. The van der Waals surface area contributed by atoms with E-state index in [1.807, 2.05) is 37.3 Å². The molecular formula is C23H31F3NO2P. The molecule has 2 aliphatic carbocycles. The maximum atomic E-state index is 13.5. The number of carbonyl (C=O) groups excluding carboxylic acids is 1. The van der Waals surface area contributed by atoms with Crippen molar-refractivity contribution in [1.82, 2.24) is 5.32 Å². The smallest absolute Gasteiger partial charge is 0.377 e. The maximum Gasteiger partial charge on any atom is 0.454 e. The number of ether oxygens (including phenoxy) is 1. The molecule has 0 bridgehead atoms. The Labute approximate surface area is 177 Å². The van der Waals surface area contributed by atoms with E-state index in [0.717, 1.165) is 36.2 Å². The van der Waals surface area contributed by atoms with Gasteiger partial charge in [-0.05, 0) is 63.8 Å². The molecule has 1 N–H and O–H groups in total. The number of alkyl halides is 3. The van der Waals surface area contributed by atoms with Gasteiger partial charge in [-0.2, -0.15) is 13.2 Å². The van der Waals surface area contributed by atoms with E-state index in [0.29, 0.717) is 13.0 Å². The van der Waals surface area contributed by atoms with Crippen LogP contribution in [0.1, 0.15) is 45.1 Å². The highest BCUT2D eigenvalue weighted by Crippen LogP contribution is 2.56. The third kappa shape index (κ3) is 4.92. The van der Waals surface area contributed by atoms with Crippen molar-refractivity contribution >= 4 is 13.4 Å². The quantitative estimate of drug-likeness (QED) is 0.582. The van der Waals surface area contributed by atoms with Gasteiger partial charge in [0.25, 0.3) is 5.52 Å². The molecule has 1 aromatic carbocycles. The second kappa shape index (κ2) is 8.88. The molecule has 3 nitrogen and oxygen atoms in total. The van der Waals surface area contributed by atoms with Crippen LogP contribution in [0.3, 0.4) is 0 Å². The Morgan fingerprint density at radius 2 is 1.87 bits per heavy atom. The Hall–Kier alpha value is -0.970. The third-order valence-corrected chi connectivity index (χ3v) is 10.1. The van der Waals surface area contributed by atoms with Gasteiger partial charge in [-0.25, -0.2) is 0 Å². The first-order valence-electron chi connectivity index (χ1n) is 11.0. The van der Waals surface area contributed by atoms with Gasteiger partial charge in [0.2, 0.25) is 0 Å². The molecule has 0 aromatic heterocycles. The number of rotatable bonds is 7. The van der Waals surface area contributed by atoms with Crippen LogP contribution in [0.2, 0.25) is 0 Å². The fourth-order valence-electron chi connectivity index (χ4n) is 5.55. The Balaban J connectivity index is 1.45. The zero-order chi connectivity index (χ0) is 21.5. The predicted molar refractivity (Wildman–Crippen MR) is 113 cm³/mol. The first-order valence-corrected chi connectivity index (χ1v) is 12.6.